The van der Waals surface area contributed by atoms with Gasteiger partial charge in [-0.25, -0.2) is 9.97 Å². The molecule has 0 aliphatic heterocycles. The molecule has 1 aliphatic carbocycles. The average molecular weight is 308 g/mol. The van der Waals surface area contributed by atoms with E-state index < -0.39 is 0 Å². The van der Waals surface area contributed by atoms with Crippen LogP contribution in [0.3, 0.4) is 0 Å². The molecular formula is C13H14BrN3O. The number of hydrogen-bond donors (Lipinski definition) is 1. The first kappa shape index (κ1) is 11.8. The molecule has 0 saturated heterocycles. The third-order valence-corrected chi connectivity index (χ3v) is 4.19. The monoisotopic (exact) mass is 307 g/mol. The third kappa shape index (κ3) is 1.86. The number of Topliss-reactive ketones (excluding diaryl/α,β-unsaturated/α-hetero) is 1. The maximum Gasteiger partial charge on any atom is 0.184 e. The predicted octanol–water partition coefficient (Wildman–Crippen LogP) is 3.48. The summed E-state index contributed by atoms with van der Waals surface area (Å²) in [5, 5.41) is 0. The van der Waals surface area contributed by atoms with Crippen molar-refractivity contribution in [1.29, 1.82) is 0 Å². The molecule has 5 heteroatoms. The standard InChI is InChI=1S/C13H14BrN3O/c1-13(4-2-3-5-13)11(18)8-6-9-12(17-8)15-7-10(14)16-9/h6-7H,2-5H2,1H3,(H,15,17). The first-order valence-corrected chi connectivity index (χ1v) is 6.94. The molecule has 2 heterocycles. The van der Waals surface area contributed by atoms with E-state index >= 15 is 0 Å². The molecule has 0 radical (unpaired) electrons. The Morgan fingerprint density at radius 1 is 1.44 bits per heavy atom. The number of aromatic amines is 1. The van der Waals surface area contributed by atoms with Crippen LogP contribution in [0.15, 0.2) is 16.9 Å². The second kappa shape index (κ2) is 4.16. The van der Waals surface area contributed by atoms with Gasteiger partial charge in [-0.2, -0.15) is 0 Å². The highest BCUT2D eigenvalue weighted by molar-refractivity contribution is 9.10. The molecule has 0 amide bonds. The lowest BCUT2D eigenvalue weighted by Gasteiger charge is -2.20. The minimum Gasteiger partial charge on any atom is -0.335 e. The maximum absolute atomic E-state index is 12.5. The van der Waals surface area contributed by atoms with Crippen LogP contribution < -0.4 is 0 Å². The largest absolute Gasteiger partial charge is 0.335 e. The van der Waals surface area contributed by atoms with E-state index in [1.807, 2.05) is 0 Å². The fourth-order valence-corrected chi connectivity index (χ4v) is 3.00. The average Bonchev–Trinajstić information content (AvgIpc) is 2.94. The SMILES string of the molecule is CC1(C(=O)c2cc3nc(Br)cnc3[nH]2)CCCC1. The first-order valence-electron chi connectivity index (χ1n) is 6.15. The number of H-pyrrole nitrogens is 1. The van der Waals surface area contributed by atoms with E-state index in [4.69, 9.17) is 0 Å². The topological polar surface area (TPSA) is 58.6 Å². The number of nitrogens with one attached hydrogen (secondary N) is 1. The number of ketones is 1. The number of aromatic nitrogens is 3. The highest BCUT2D eigenvalue weighted by Gasteiger charge is 2.37. The number of hydrogen-bond acceptors (Lipinski definition) is 3. The summed E-state index contributed by atoms with van der Waals surface area (Å²) in [4.78, 5) is 24.1. The van der Waals surface area contributed by atoms with Gasteiger partial charge in [0.2, 0.25) is 0 Å². The molecule has 0 spiro atoms. The molecule has 1 fully saturated rings. The van der Waals surface area contributed by atoms with Crippen molar-refractivity contribution in [3.63, 3.8) is 0 Å². The van der Waals surface area contributed by atoms with E-state index in [-0.39, 0.29) is 11.2 Å². The van der Waals surface area contributed by atoms with Crippen LogP contribution in [0.2, 0.25) is 0 Å². The second-order valence-corrected chi connectivity index (χ2v) is 6.02. The van der Waals surface area contributed by atoms with Gasteiger partial charge in [0.1, 0.15) is 10.1 Å². The van der Waals surface area contributed by atoms with Gasteiger partial charge in [0.15, 0.2) is 11.4 Å². The lowest BCUT2D eigenvalue weighted by molar-refractivity contribution is 0.0819. The van der Waals surface area contributed by atoms with Crippen molar-refractivity contribution < 1.29 is 4.79 Å². The van der Waals surface area contributed by atoms with Crippen LogP contribution in [-0.2, 0) is 0 Å². The molecule has 94 valence electrons. The van der Waals surface area contributed by atoms with Gasteiger partial charge in [-0.05, 0) is 34.8 Å². The Kier molecular flexibility index (Phi) is 2.73. The first-order chi connectivity index (χ1) is 8.58. The van der Waals surface area contributed by atoms with E-state index in [1.165, 1.54) is 0 Å². The Morgan fingerprint density at radius 2 is 2.17 bits per heavy atom. The molecular weight excluding hydrogens is 294 g/mol. The molecule has 0 aromatic carbocycles. The fourth-order valence-electron chi connectivity index (χ4n) is 2.71. The van der Waals surface area contributed by atoms with Crippen molar-refractivity contribution in [2.24, 2.45) is 5.41 Å². The minimum atomic E-state index is -0.210. The van der Waals surface area contributed by atoms with Gasteiger partial charge >= 0.3 is 0 Å². The Hall–Kier alpha value is -1.23. The minimum absolute atomic E-state index is 0.191. The normalized spacial score (nSPS) is 18.3. The van der Waals surface area contributed by atoms with Crippen molar-refractivity contribution in [3.05, 3.63) is 22.6 Å². The zero-order valence-electron chi connectivity index (χ0n) is 10.2. The quantitative estimate of drug-likeness (QED) is 0.864. The van der Waals surface area contributed by atoms with Crippen LogP contribution in [0.1, 0.15) is 43.1 Å². The fraction of sp³-hybridized carbons (Fsp3) is 0.462. The Labute approximate surface area is 113 Å². The van der Waals surface area contributed by atoms with Crippen molar-refractivity contribution in [2.75, 3.05) is 0 Å². The van der Waals surface area contributed by atoms with Crippen LogP contribution >= 0.6 is 15.9 Å². The van der Waals surface area contributed by atoms with Gasteiger partial charge in [-0.3, -0.25) is 4.79 Å². The Morgan fingerprint density at radius 3 is 2.89 bits per heavy atom. The molecule has 0 atom stereocenters. The Bertz CT molecular complexity index is 614. The zero-order chi connectivity index (χ0) is 12.8. The summed E-state index contributed by atoms with van der Waals surface area (Å²) in [6, 6.07) is 1.80. The smallest absolute Gasteiger partial charge is 0.184 e. The molecule has 4 nitrogen and oxygen atoms in total. The summed E-state index contributed by atoms with van der Waals surface area (Å²) in [5.41, 5.74) is 1.82. The van der Waals surface area contributed by atoms with E-state index in [0.717, 1.165) is 31.2 Å². The Balaban J connectivity index is 2.01. The molecule has 1 saturated carbocycles. The van der Waals surface area contributed by atoms with E-state index in [2.05, 4.69) is 37.8 Å². The van der Waals surface area contributed by atoms with Gasteiger partial charge in [-0.15, -0.1) is 0 Å². The van der Waals surface area contributed by atoms with Gasteiger partial charge in [0, 0.05) is 5.41 Å². The van der Waals surface area contributed by atoms with Crippen LogP contribution in [0, 0.1) is 5.41 Å². The van der Waals surface area contributed by atoms with Crippen molar-refractivity contribution in [2.45, 2.75) is 32.6 Å². The number of carbonyl (C=O) groups is 1. The summed E-state index contributed by atoms with van der Waals surface area (Å²) >= 11 is 3.28. The lowest BCUT2D eigenvalue weighted by Crippen LogP contribution is -2.24. The van der Waals surface area contributed by atoms with Gasteiger partial charge in [0.05, 0.1) is 11.9 Å². The number of fused-ring (bicyclic) bond motifs is 1. The van der Waals surface area contributed by atoms with Gasteiger partial charge in [-0.1, -0.05) is 19.8 Å². The highest BCUT2D eigenvalue weighted by atomic mass is 79.9. The maximum atomic E-state index is 12.5. The van der Waals surface area contributed by atoms with Crippen LogP contribution in [0.25, 0.3) is 11.2 Å². The highest BCUT2D eigenvalue weighted by Crippen LogP contribution is 2.40. The summed E-state index contributed by atoms with van der Waals surface area (Å²) in [6.45, 7) is 2.06. The van der Waals surface area contributed by atoms with E-state index in [1.54, 1.807) is 12.3 Å². The van der Waals surface area contributed by atoms with Crippen molar-refractivity contribution >= 4 is 32.9 Å². The number of nitrogens with zero attached hydrogens (tertiary/aromatic N) is 2. The molecule has 0 bridgehead atoms. The third-order valence-electron chi connectivity index (χ3n) is 3.80. The molecule has 1 aliphatic rings. The lowest BCUT2D eigenvalue weighted by atomic mass is 9.82. The number of rotatable bonds is 2. The molecule has 2 aromatic heterocycles. The van der Waals surface area contributed by atoms with Gasteiger partial charge < -0.3 is 4.98 Å². The summed E-state index contributed by atoms with van der Waals surface area (Å²) in [6.07, 6.45) is 5.87. The molecule has 18 heavy (non-hydrogen) atoms. The van der Waals surface area contributed by atoms with E-state index in [9.17, 15) is 4.79 Å². The van der Waals surface area contributed by atoms with Crippen LogP contribution in [0.5, 0.6) is 0 Å². The predicted molar refractivity (Wildman–Crippen MR) is 72.5 cm³/mol. The number of halogens is 1. The summed E-state index contributed by atoms with van der Waals surface area (Å²) < 4.78 is 0.681. The molecule has 2 aromatic rings. The summed E-state index contributed by atoms with van der Waals surface area (Å²) in [7, 11) is 0. The number of carbonyl (C=O) groups excluding carboxylic acids is 1. The second-order valence-electron chi connectivity index (χ2n) is 5.21. The van der Waals surface area contributed by atoms with Crippen molar-refractivity contribution in [3.8, 4) is 0 Å². The van der Waals surface area contributed by atoms with Crippen LogP contribution in [0.4, 0.5) is 0 Å². The molecule has 3 rings (SSSR count). The summed E-state index contributed by atoms with van der Waals surface area (Å²) in [5.74, 6) is 0.191. The van der Waals surface area contributed by atoms with Crippen LogP contribution in [-0.4, -0.2) is 20.7 Å². The van der Waals surface area contributed by atoms with Gasteiger partial charge in [0.25, 0.3) is 0 Å². The van der Waals surface area contributed by atoms with Crippen molar-refractivity contribution in [1.82, 2.24) is 15.0 Å². The zero-order valence-corrected chi connectivity index (χ0v) is 11.7. The van der Waals surface area contributed by atoms with E-state index in [0.29, 0.717) is 15.9 Å². The molecule has 1 N–H and O–H groups in total. The molecule has 0 unspecified atom stereocenters.